The van der Waals surface area contributed by atoms with Gasteiger partial charge in [-0.05, 0) is 42.2 Å². The SMILES string of the molecule is COc1cccc(COC2CN(C(=O)C(CC(C)C)NC(=O)c3ccc4ccccc4n3)CC2=O)c1. The van der Waals surface area contributed by atoms with Crippen LogP contribution >= 0.6 is 0 Å². The van der Waals surface area contributed by atoms with Gasteiger partial charge in [0.25, 0.3) is 5.91 Å². The Labute approximate surface area is 210 Å². The molecular formula is C28H31N3O5. The molecule has 36 heavy (non-hydrogen) atoms. The Morgan fingerprint density at radius 2 is 1.92 bits per heavy atom. The first-order chi connectivity index (χ1) is 17.3. The Kier molecular flexibility index (Phi) is 7.95. The summed E-state index contributed by atoms with van der Waals surface area (Å²) in [5.41, 5.74) is 1.82. The largest absolute Gasteiger partial charge is 0.497 e. The second kappa shape index (κ2) is 11.3. The van der Waals surface area contributed by atoms with Gasteiger partial charge >= 0.3 is 0 Å². The summed E-state index contributed by atoms with van der Waals surface area (Å²) in [5.74, 6) is -0.00659. The summed E-state index contributed by atoms with van der Waals surface area (Å²) >= 11 is 0. The average Bonchev–Trinajstić information content (AvgIpc) is 3.26. The van der Waals surface area contributed by atoms with Gasteiger partial charge in [-0.2, -0.15) is 0 Å². The number of carbonyl (C=O) groups is 3. The van der Waals surface area contributed by atoms with E-state index in [1.165, 1.54) is 4.90 Å². The van der Waals surface area contributed by atoms with Gasteiger partial charge in [0.15, 0.2) is 5.78 Å². The summed E-state index contributed by atoms with van der Waals surface area (Å²) in [6.45, 7) is 4.31. The first-order valence-electron chi connectivity index (χ1n) is 12.1. The number of amides is 2. The normalized spacial score (nSPS) is 16.4. The molecule has 0 saturated carbocycles. The molecule has 3 aromatic rings. The highest BCUT2D eigenvalue weighted by molar-refractivity contribution is 5.99. The summed E-state index contributed by atoms with van der Waals surface area (Å²) in [6, 6.07) is 17.7. The third-order valence-electron chi connectivity index (χ3n) is 6.13. The number of pyridine rings is 1. The van der Waals surface area contributed by atoms with Crippen LogP contribution < -0.4 is 10.1 Å². The third kappa shape index (κ3) is 6.07. The van der Waals surface area contributed by atoms with Crippen LogP contribution in [0.1, 0.15) is 36.3 Å². The van der Waals surface area contributed by atoms with Crippen LogP contribution in [0.2, 0.25) is 0 Å². The lowest BCUT2D eigenvalue weighted by molar-refractivity contribution is -0.133. The Balaban J connectivity index is 1.41. The van der Waals surface area contributed by atoms with Crippen LogP contribution in [0.15, 0.2) is 60.7 Å². The first kappa shape index (κ1) is 25.3. The lowest BCUT2D eigenvalue weighted by Gasteiger charge is -2.25. The van der Waals surface area contributed by atoms with E-state index in [4.69, 9.17) is 9.47 Å². The molecule has 1 fully saturated rings. The van der Waals surface area contributed by atoms with Crippen LogP contribution in [-0.4, -0.2) is 59.8 Å². The van der Waals surface area contributed by atoms with Crippen LogP contribution in [0.3, 0.4) is 0 Å². The smallest absolute Gasteiger partial charge is 0.270 e. The maximum absolute atomic E-state index is 13.4. The van der Waals surface area contributed by atoms with Crippen molar-refractivity contribution in [2.45, 2.75) is 39.0 Å². The Bertz CT molecular complexity index is 1260. The molecule has 188 valence electrons. The first-order valence-corrected chi connectivity index (χ1v) is 12.1. The molecule has 0 aliphatic carbocycles. The minimum absolute atomic E-state index is 0.0414. The van der Waals surface area contributed by atoms with E-state index in [0.717, 1.165) is 10.9 Å². The van der Waals surface area contributed by atoms with Crippen molar-refractivity contribution in [3.8, 4) is 5.75 Å². The maximum atomic E-state index is 13.4. The van der Waals surface area contributed by atoms with Crippen molar-refractivity contribution in [2.24, 2.45) is 5.92 Å². The molecule has 0 spiro atoms. The number of para-hydroxylation sites is 1. The quantitative estimate of drug-likeness (QED) is 0.495. The number of nitrogens with zero attached hydrogens (tertiary/aromatic N) is 2. The van der Waals surface area contributed by atoms with E-state index in [2.05, 4.69) is 10.3 Å². The topological polar surface area (TPSA) is 97.8 Å². The van der Waals surface area contributed by atoms with Gasteiger partial charge in [-0.15, -0.1) is 0 Å². The molecule has 1 aliphatic rings. The molecule has 1 aliphatic heterocycles. The number of rotatable bonds is 9. The Morgan fingerprint density at radius 3 is 2.69 bits per heavy atom. The molecule has 1 saturated heterocycles. The van der Waals surface area contributed by atoms with E-state index >= 15 is 0 Å². The second-order valence-corrected chi connectivity index (χ2v) is 9.38. The van der Waals surface area contributed by atoms with Crippen LogP contribution in [0.5, 0.6) is 5.75 Å². The van der Waals surface area contributed by atoms with Crippen LogP contribution in [0.4, 0.5) is 0 Å². The number of aromatic nitrogens is 1. The van der Waals surface area contributed by atoms with Gasteiger partial charge in [0, 0.05) is 5.39 Å². The highest BCUT2D eigenvalue weighted by Crippen LogP contribution is 2.19. The fourth-order valence-corrected chi connectivity index (χ4v) is 4.27. The number of hydrogen-bond acceptors (Lipinski definition) is 6. The van der Waals surface area contributed by atoms with Gasteiger partial charge in [0.1, 0.15) is 23.6 Å². The van der Waals surface area contributed by atoms with E-state index in [1.807, 2.05) is 68.4 Å². The van der Waals surface area contributed by atoms with Crippen molar-refractivity contribution >= 4 is 28.5 Å². The zero-order valence-electron chi connectivity index (χ0n) is 20.8. The predicted octanol–water partition coefficient (Wildman–Crippen LogP) is 3.38. The number of ether oxygens (including phenoxy) is 2. The third-order valence-corrected chi connectivity index (χ3v) is 6.13. The average molecular weight is 490 g/mol. The molecule has 2 unspecified atom stereocenters. The number of nitrogens with one attached hydrogen (secondary N) is 1. The lowest BCUT2D eigenvalue weighted by atomic mass is 10.0. The Morgan fingerprint density at radius 1 is 1.11 bits per heavy atom. The number of ketones is 1. The Hall–Kier alpha value is -3.78. The van der Waals surface area contributed by atoms with Gasteiger partial charge in [0.2, 0.25) is 5.91 Å². The van der Waals surface area contributed by atoms with Crippen molar-refractivity contribution in [2.75, 3.05) is 20.2 Å². The number of fused-ring (bicyclic) bond motifs is 1. The number of Topliss-reactive ketones (excluding diaryl/α,β-unsaturated/α-hetero) is 1. The molecule has 2 aromatic carbocycles. The minimum Gasteiger partial charge on any atom is -0.497 e. The molecule has 2 amide bonds. The zero-order chi connectivity index (χ0) is 25.7. The molecule has 1 N–H and O–H groups in total. The number of carbonyl (C=O) groups excluding carboxylic acids is 3. The minimum atomic E-state index is -0.768. The van der Waals surface area contributed by atoms with Gasteiger partial charge in [0.05, 0.1) is 32.3 Å². The fraction of sp³-hybridized carbons (Fsp3) is 0.357. The molecule has 2 atom stereocenters. The van der Waals surface area contributed by atoms with E-state index in [1.54, 1.807) is 13.2 Å². The van der Waals surface area contributed by atoms with Gasteiger partial charge in [-0.25, -0.2) is 4.98 Å². The highest BCUT2D eigenvalue weighted by atomic mass is 16.5. The van der Waals surface area contributed by atoms with E-state index in [9.17, 15) is 14.4 Å². The van der Waals surface area contributed by atoms with Gasteiger partial charge in [-0.3, -0.25) is 14.4 Å². The standard InChI is InChI=1S/C28H31N3O5/c1-18(2)13-24(30-27(33)23-12-11-20-8-4-5-10-22(20)29-23)28(34)31-15-25(32)26(16-31)36-17-19-7-6-9-21(14-19)35-3/h4-12,14,18,24,26H,13,15-17H2,1-3H3,(H,30,33). The molecule has 2 heterocycles. The van der Waals surface area contributed by atoms with Crippen molar-refractivity contribution < 1.29 is 23.9 Å². The number of methoxy groups -OCH3 is 1. The van der Waals surface area contributed by atoms with E-state index in [-0.39, 0.29) is 43.0 Å². The molecular weight excluding hydrogens is 458 g/mol. The zero-order valence-corrected chi connectivity index (χ0v) is 20.8. The van der Waals surface area contributed by atoms with Crippen molar-refractivity contribution in [1.29, 1.82) is 0 Å². The van der Waals surface area contributed by atoms with Crippen LogP contribution in [0, 0.1) is 5.92 Å². The van der Waals surface area contributed by atoms with E-state index in [0.29, 0.717) is 17.7 Å². The molecule has 8 nitrogen and oxygen atoms in total. The molecule has 8 heteroatoms. The number of likely N-dealkylation sites (tertiary alicyclic amines) is 1. The maximum Gasteiger partial charge on any atom is 0.270 e. The van der Waals surface area contributed by atoms with Gasteiger partial charge in [-0.1, -0.05) is 50.2 Å². The molecule has 0 bridgehead atoms. The summed E-state index contributed by atoms with van der Waals surface area (Å²) in [7, 11) is 1.59. The summed E-state index contributed by atoms with van der Waals surface area (Å²) in [4.78, 5) is 44.9. The van der Waals surface area contributed by atoms with Crippen molar-refractivity contribution in [3.05, 3.63) is 71.9 Å². The number of benzene rings is 2. The lowest BCUT2D eigenvalue weighted by Crippen LogP contribution is -2.49. The number of hydrogen-bond donors (Lipinski definition) is 1. The summed E-state index contributed by atoms with van der Waals surface area (Å²) in [6.07, 6.45) is -0.268. The predicted molar refractivity (Wildman–Crippen MR) is 136 cm³/mol. The van der Waals surface area contributed by atoms with Crippen LogP contribution in [-0.2, 0) is 20.9 Å². The second-order valence-electron chi connectivity index (χ2n) is 9.38. The molecule has 0 radical (unpaired) electrons. The monoisotopic (exact) mass is 489 g/mol. The van der Waals surface area contributed by atoms with Crippen LogP contribution in [0.25, 0.3) is 10.9 Å². The van der Waals surface area contributed by atoms with Crippen molar-refractivity contribution in [1.82, 2.24) is 15.2 Å². The summed E-state index contributed by atoms with van der Waals surface area (Å²) < 4.78 is 11.1. The van der Waals surface area contributed by atoms with Crippen molar-refractivity contribution in [3.63, 3.8) is 0 Å². The fourth-order valence-electron chi connectivity index (χ4n) is 4.27. The summed E-state index contributed by atoms with van der Waals surface area (Å²) in [5, 5.41) is 3.78. The highest BCUT2D eigenvalue weighted by Gasteiger charge is 2.37. The van der Waals surface area contributed by atoms with E-state index < -0.39 is 18.1 Å². The molecule has 4 rings (SSSR count). The van der Waals surface area contributed by atoms with Gasteiger partial charge < -0.3 is 19.7 Å². The molecule has 1 aromatic heterocycles.